The Morgan fingerprint density at radius 2 is 1.73 bits per heavy atom. The lowest BCUT2D eigenvalue weighted by molar-refractivity contribution is 0.0769. The molecule has 3 rings (SSSR count). The van der Waals surface area contributed by atoms with Crippen LogP contribution in [0, 0.1) is 0 Å². The molecule has 1 atom stereocenters. The number of aryl methyl sites for hydroxylation is 1. The highest BCUT2D eigenvalue weighted by molar-refractivity contribution is 6.00. The van der Waals surface area contributed by atoms with E-state index < -0.39 is 0 Å². The first-order valence-electron chi connectivity index (χ1n) is 7.90. The maximum atomic E-state index is 5.60. The van der Waals surface area contributed by atoms with Gasteiger partial charge in [-0.1, -0.05) is 71.9 Å². The highest BCUT2D eigenvalue weighted by atomic mass is 16.6. The van der Waals surface area contributed by atoms with E-state index in [-0.39, 0.29) is 6.10 Å². The van der Waals surface area contributed by atoms with E-state index in [2.05, 4.69) is 59.8 Å². The van der Waals surface area contributed by atoms with Gasteiger partial charge in [-0.25, -0.2) is 0 Å². The van der Waals surface area contributed by atoms with Crippen LogP contribution in [-0.2, 0) is 11.3 Å². The molecular weight excluding hydrogens is 270 g/mol. The molecule has 0 aliphatic carbocycles. The average Bonchev–Trinajstić information content (AvgIpc) is 2.61. The Bertz CT molecular complexity index is 631. The smallest absolute Gasteiger partial charge is 0.146 e. The van der Waals surface area contributed by atoms with Crippen LogP contribution in [0.3, 0.4) is 0 Å². The van der Waals surface area contributed by atoms with E-state index in [9.17, 15) is 0 Å². The lowest BCUT2D eigenvalue weighted by atomic mass is 10.0. The summed E-state index contributed by atoms with van der Waals surface area (Å²) in [5, 5.41) is 4.28. The molecular formula is C20H21NO. The highest BCUT2D eigenvalue weighted by Crippen LogP contribution is 2.17. The topological polar surface area (TPSA) is 21.6 Å². The van der Waals surface area contributed by atoms with Crippen LogP contribution in [0.2, 0.25) is 0 Å². The van der Waals surface area contributed by atoms with Crippen LogP contribution in [0.5, 0.6) is 0 Å². The zero-order chi connectivity index (χ0) is 15.0. The summed E-state index contributed by atoms with van der Waals surface area (Å²) in [7, 11) is 0. The number of hydrogen-bond donors (Lipinski definition) is 0. The molecule has 0 saturated heterocycles. The number of allylic oxidation sites excluding steroid dienone is 1. The van der Waals surface area contributed by atoms with Crippen molar-refractivity contribution in [2.45, 2.75) is 31.8 Å². The molecule has 0 amide bonds. The molecule has 0 N–H and O–H groups in total. The van der Waals surface area contributed by atoms with Gasteiger partial charge in [0.25, 0.3) is 0 Å². The summed E-state index contributed by atoms with van der Waals surface area (Å²) in [6, 6.07) is 20.8. The molecule has 0 unspecified atom stereocenters. The van der Waals surface area contributed by atoms with Gasteiger partial charge in [0, 0.05) is 0 Å². The number of nitrogens with zero attached hydrogens (tertiary/aromatic N) is 1. The molecule has 2 aromatic carbocycles. The Balaban J connectivity index is 1.47. The molecule has 22 heavy (non-hydrogen) atoms. The van der Waals surface area contributed by atoms with Crippen LogP contribution in [0.1, 0.15) is 30.4 Å². The second-order valence-electron chi connectivity index (χ2n) is 5.54. The number of benzene rings is 2. The van der Waals surface area contributed by atoms with Gasteiger partial charge in [0.05, 0.1) is 5.71 Å². The van der Waals surface area contributed by atoms with E-state index in [0.29, 0.717) is 0 Å². The standard InChI is InChI=1S/C20H21NO/c1-3-9-17(10-4-1)11-7-8-14-19-15-16-20(21-22-19)18-12-5-2-6-13-18/h1-6,8-10,12-14,19H,7,11,15-16H2/b14-8+/t19-/m1/s1. The van der Waals surface area contributed by atoms with Gasteiger partial charge in [-0.3, -0.25) is 0 Å². The maximum Gasteiger partial charge on any atom is 0.146 e. The molecule has 0 bridgehead atoms. The summed E-state index contributed by atoms with van der Waals surface area (Å²) in [4.78, 5) is 5.60. The number of hydrogen-bond acceptors (Lipinski definition) is 2. The summed E-state index contributed by atoms with van der Waals surface area (Å²) >= 11 is 0. The van der Waals surface area contributed by atoms with Crippen molar-refractivity contribution < 1.29 is 4.84 Å². The van der Waals surface area contributed by atoms with Gasteiger partial charge in [0.2, 0.25) is 0 Å². The third-order valence-corrected chi connectivity index (χ3v) is 3.86. The van der Waals surface area contributed by atoms with Crippen molar-refractivity contribution in [2.75, 3.05) is 0 Å². The predicted octanol–water partition coefficient (Wildman–Crippen LogP) is 4.76. The van der Waals surface area contributed by atoms with E-state index in [4.69, 9.17) is 4.84 Å². The average molecular weight is 291 g/mol. The summed E-state index contributed by atoms with van der Waals surface area (Å²) in [6.07, 6.45) is 8.55. The fourth-order valence-corrected chi connectivity index (χ4v) is 2.61. The molecule has 0 spiro atoms. The van der Waals surface area contributed by atoms with Crippen LogP contribution >= 0.6 is 0 Å². The van der Waals surface area contributed by atoms with Crippen LogP contribution in [0.25, 0.3) is 0 Å². The van der Waals surface area contributed by atoms with Crippen LogP contribution in [0.4, 0.5) is 0 Å². The Morgan fingerprint density at radius 1 is 1.00 bits per heavy atom. The molecule has 1 heterocycles. The summed E-state index contributed by atoms with van der Waals surface area (Å²) < 4.78 is 0. The largest absolute Gasteiger partial charge is 0.388 e. The molecule has 0 radical (unpaired) electrons. The summed E-state index contributed by atoms with van der Waals surface area (Å²) in [6.45, 7) is 0. The SMILES string of the molecule is C(=C\[C@@H]1CCC(c2ccccc2)=NO1)/CCc1ccccc1. The summed E-state index contributed by atoms with van der Waals surface area (Å²) in [5.74, 6) is 0. The predicted molar refractivity (Wildman–Crippen MR) is 91.0 cm³/mol. The molecule has 112 valence electrons. The molecule has 1 aliphatic rings. The second-order valence-corrected chi connectivity index (χ2v) is 5.54. The third kappa shape index (κ3) is 4.08. The van der Waals surface area contributed by atoms with Gasteiger partial charge in [0.1, 0.15) is 6.10 Å². The molecule has 0 aromatic heterocycles. The highest BCUT2D eigenvalue weighted by Gasteiger charge is 2.15. The molecule has 2 aromatic rings. The molecule has 1 aliphatic heterocycles. The Labute approximate surface area is 132 Å². The van der Waals surface area contributed by atoms with Gasteiger partial charge >= 0.3 is 0 Å². The van der Waals surface area contributed by atoms with Crippen LogP contribution in [-0.4, -0.2) is 11.8 Å². The quantitative estimate of drug-likeness (QED) is 0.728. The molecule has 2 nitrogen and oxygen atoms in total. The zero-order valence-electron chi connectivity index (χ0n) is 12.7. The van der Waals surface area contributed by atoms with Gasteiger partial charge in [-0.2, -0.15) is 0 Å². The Hall–Kier alpha value is -2.35. The van der Waals surface area contributed by atoms with Gasteiger partial charge in [-0.15, -0.1) is 0 Å². The fraction of sp³-hybridized carbons (Fsp3) is 0.250. The zero-order valence-corrected chi connectivity index (χ0v) is 12.7. The van der Waals surface area contributed by atoms with Crippen molar-refractivity contribution in [1.82, 2.24) is 0 Å². The van der Waals surface area contributed by atoms with E-state index >= 15 is 0 Å². The monoisotopic (exact) mass is 291 g/mol. The first-order chi connectivity index (χ1) is 10.9. The fourth-order valence-electron chi connectivity index (χ4n) is 2.61. The van der Waals surface area contributed by atoms with Gasteiger partial charge < -0.3 is 4.84 Å². The first-order valence-corrected chi connectivity index (χ1v) is 7.90. The number of oxime groups is 1. The van der Waals surface area contributed by atoms with E-state index in [0.717, 1.165) is 37.0 Å². The van der Waals surface area contributed by atoms with Crippen LogP contribution < -0.4 is 0 Å². The Kier molecular flexibility index (Phi) is 5.04. The second kappa shape index (κ2) is 7.60. The van der Waals surface area contributed by atoms with Crippen molar-refractivity contribution in [3.63, 3.8) is 0 Å². The van der Waals surface area contributed by atoms with Crippen LogP contribution in [0.15, 0.2) is 78.0 Å². The van der Waals surface area contributed by atoms with E-state index in [1.165, 1.54) is 5.56 Å². The third-order valence-electron chi connectivity index (χ3n) is 3.86. The molecule has 0 saturated carbocycles. The van der Waals surface area contributed by atoms with E-state index in [1.54, 1.807) is 0 Å². The van der Waals surface area contributed by atoms with Crippen molar-refractivity contribution >= 4 is 5.71 Å². The van der Waals surface area contributed by atoms with Gasteiger partial charge in [0.15, 0.2) is 0 Å². The summed E-state index contributed by atoms with van der Waals surface area (Å²) in [5.41, 5.74) is 3.59. The normalized spacial score (nSPS) is 18.0. The molecule has 0 fully saturated rings. The minimum absolute atomic E-state index is 0.114. The lowest BCUT2D eigenvalue weighted by Gasteiger charge is -2.18. The maximum absolute atomic E-state index is 5.60. The van der Waals surface area contributed by atoms with Gasteiger partial charge in [-0.05, 0) is 42.9 Å². The minimum atomic E-state index is 0.114. The van der Waals surface area contributed by atoms with E-state index in [1.807, 2.05) is 18.2 Å². The lowest BCUT2D eigenvalue weighted by Crippen LogP contribution is -2.17. The Morgan fingerprint density at radius 3 is 2.41 bits per heavy atom. The van der Waals surface area contributed by atoms with Crippen molar-refractivity contribution in [2.24, 2.45) is 5.16 Å². The van der Waals surface area contributed by atoms with Crippen molar-refractivity contribution in [3.05, 3.63) is 83.9 Å². The van der Waals surface area contributed by atoms with Crippen molar-refractivity contribution in [1.29, 1.82) is 0 Å². The first kappa shape index (κ1) is 14.6. The molecule has 2 heteroatoms. The minimum Gasteiger partial charge on any atom is -0.388 e. The van der Waals surface area contributed by atoms with Crippen molar-refractivity contribution in [3.8, 4) is 0 Å². The number of rotatable bonds is 5.